The third kappa shape index (κ3) is 25.5. The van der Waals surface area contributed by atoms with Crippen LogP contribution in [0.3, 0.4) is 0 Å². The fourth-order valence-corrected chi connectivity index (χ4v) is 1.79. The van der Waals surface area contributed by atoms with Gasteiger partial charge in [-0.05, 0) is 19.8 Å². The van der Waals surface area contributed by atoms with Crippen LogP contribution in [0, 0.1) is 0 Å². The molecule has 118 valence electrons. The van der Waals surface area contributed by atoms with Gasteiger partial charge in [-0.3, -0.25) is 9.59 Å². The molecule has 4 heteroatoms. The number of aliphatic carboxylic acids is 2. The van der Waals surface area contributed by atoms with Crippen molar-refractivity contribution in [1.82, 2.24) is 0 Å². The van der Waals surface area contributed by atoms with E-state index in [0.29, 0.717) is 0 Å². The van der Waals surface area contributed by atoms with Crippen LogP contribution < -0.4 is 0 Å². The van der Waals surface area contributed by atoms with E-state index in [-0.39, 0.29) is 12.8 Å². The lowest BCUT2D eigenvalue weighted by atomic mass is 10.1. The van der Waals surface area contributed by atoms with Crippen LogP contribution in [-0.4, -0.2) is 22.2 Å². The summed E-state index contributed by atoms with van der Waals surface area (Å²) in [7, 11) is 0. The molecule has 0 radical (unpaired) electrons. The first-order chi connectivity index (χ1) is 9.54. The fourth-order valence-electron chi connectivity index (χ4n) is 1.79. The van der Waals surface area contributed by atoms with E-state index in [1.165, 1.54) is 19.3 Å². The molecule has 0 bridgehead atoms. The van der Waals surface area contributed by atoms with E-state index in [1.807, 2.05) is 6.92 Å². The molecule has 0 spiro atoms. The highest BCUT2D eigenvalue weighted by Crippen LogP contribution is 2.11. The van der Waals surface area contributed by atoms with Gasteiger partial charge in [-0.25, -0.2) is 0 Å². The van der Waals surface area contributed by atoms with Gasteiger partial charge in [-0.15, -0.1) is 6.58 Å². The summed E-state index contributed by atoms with van der Waals surface area (Å²) in [5.74, 6) is -1.41. The van der Waals surface area contributed by atoms with E-state index in [0.717, 1.165) is 38.5 Å². The molecule has 0 aromatic carbocycles. The minimum Gasteiger partial charge on any atom is -0.481 e. The molecular formula is C16H30O4. The maximum atomic E-state index is 10.2. The molecule has 0 atom stereocenters. The lowest BCUT2D eigenvalue weighted by molar-refractivity contribution is -0.138. The molecule has 20 heavy (non-hydrogen) atoms. The third-order valence-electron chi connectivity index (χ3n) is 2.78. The minimum absolute atomic E-state index is 0.287. The van der Waals surface area contributed by atoms with Gasteiger partial charge < -0.3 is 10.2 Å². The van der Waals surface area contributed by atoms with Crippen LogP contribution in [0.5, 0.6) is 0 Å². The average Bonchev–Trinajstić information content (AvgIpc) is 2.36. The Balaban J connectivity index is 0. The molecule has 0 unspecified atom stereocenters. The van der Waals surface area contributed by atoms with Crippen molar-refractivity contribution in [3.8, 4) is 0 Å². The minimum atomic E-state index is -0.705. The zero-order chi connectivity index (χ0) is 15.6. The van der Waals surface area contributed by atoms with Crippen molar-refractivity contribution in [2.75, 3.05) is 0 Å². The Morgan fingerprint density at radius 2 is 0.950 bits per heavy atom. The summed E-state index contributed by atoms with van der Waals surface area (Å²) >= 11 is 0. The number of hydrogen-bond acceptors (Lipinski definition) is 2. The molecule has 0 saturated heterocycles. The van der Waals surface area contributed by atoms with Crippen molar-refractivity contribution < 1.29 is 19.8 Å². The lowest BCUT2D eigenvalue weighted by Crippen LogP contribution is -1.94. The molecule has 0 heterocycles. The maximum absolute atomic E-state index is 10.2. The van der Waals surface area contributed by atoms with Gasteiger partial charge in [0.1, 0.15) is 0 Å². The highest BCUT2D eigenvalue weighted by atomic mass is 16.4. The summed E-state index contributed by atoms with van der Waals surface area (Å²) < 4.78 is 0. The molecule has 0 aliphatic rings. The van der Waals surface area contributed by atoms with E-state index in [1.54, 1.807) is 6.08 Å². The van der Waals surface area contributed by atoms with Crippen molar-refractivity contribution in [3.63, 3.8) is 0 Å². The van der Waals surface area contributed by atoms with Crippen molar-refractivity contribution in [3.05, 3.63) is 12.7 Å². The maximum Gasteiger partial charge on any atom is 0.303 e. The summed E-state index contributed by atoms with van der Waals surface area (Å²) in [6.07, 6.45) is 11.6. The van der Waals surface area contributed by atoms with E-state index >= 15 is 0 Å². The summed E-state index contributed by atoms with van der Waals surface area (Å²) in [6, 6.07) is 0. The second kappa shape index (κ2) is 17.7. The van der Waals surface area contributed by atoms with Crippen molar-refractivity contribution >= 4 is 11.9 Å². The SMILES string of the molecule is C=CC.O=C(O)CCCCCCCCCCCC(=O)O. The van der Waals surface area contributed by atoms with Gasteiger partial charge in [-0.2, -0.15) is 0 Å². The summed E-state index contributed by atoms with van der Waals surface area (Å²) in [4.78, 5) is 20.5. The molecule has 0 fully saturated rings. The number of rotatable bonds is 12. The molecular weight excluding hydrogens is 256 g/mol. The predicted octanol–water partition coefficient (Wildman–Crippen LogP) is 4.64. The normalized spacial score (nSPS) is 9.45. The Bertz CT molecular complexity index is 227. The van der Waals surface area contributed by atoms with Gasteiger partial charge in [0.25, 0.3) is 0 Å². The number of carbonyl (C=O) groups is 2. The topological polar surface area (TPSA) is 74.6 Å². The molecule has 0 aromatic heterocycles. The van der Waals surface area contributed by atoms with Gasteiger partial charge in [-0.1, -0.05) is 51.0 Å². The number of allylic oxidation sites excluding steroid dienone is 1. The van der Waals surface area contributed by atoms with Crippen molar-refractivity contribution in [2.45, 2.75) is 77.6 Å². The van der Waals surface area contributed by atoms with Gasteiger partial charge in [0.05, 0.1) is 0 Å². The average molecular weight is 286 g/mol. The van der Waals surface area contributed by atoms with Crippen LogP contribution in [0.1, 0.15) is 77.6 Å². The summed E-state index contributed by atoms with van der Waals surface area (Å²) in [5, 5.41) is 16.9. The molecule has 0 aliphatic heterocycles. The largest absolute Gasteiger partial charge is 0.481 e. The Morgan fingerprint density at radius 1 is 0.750 bits per heavy atom. The van der Waals surface area contributed by atoms with Crippen LogP contribution in [0.15, 0.2) is 12.7 Å². The van der Waals surface area contributed by atoms with Gasteiger partial charge in [0.2, 0.25) is 0 Å². The molecule has 4 nitrogen and oxygen atoms in total. The second-order valence-electron chi connectivity index (χ2n) is 4.88. The molecule has 0 rings (SSSR count). The highest BCUT2D eigenvalue weighted by molar-refractivity contribution is 5.66. The van der Waals surface area contributed by atoms with Crippen LogP contribution in [-0.2, 0) is 9.59 Å². The highest BCUT2D eigenvalue weighted by Gasteiger charge is 1.98. The van der Waals surface area contributed by atoms with E-state index in [9.17, 15) is 9.59 Å². The van der Waals surface area contributed by atoms with Gasteiger partial charge in [0.15, 0.2) is 0 Å². The zero-order valence-corrected chi connectivity index (χ0v) is 12.8. The van der Waals surface area contributed by atoms with Gasteiger partial charge >= 0.3 is 11.9 Å². The zero-order valence-electron chi connectivity index (χ0n) is 12.8. The number of unbranched alkanes of at least 4 members (excludes halogenated alkanes) is 8. The van der Waals surface area contributed by atoms with E-state index in [4.69, 9.17) is 10.2 Å². The Labute approximate surface area is 122 Å². The Hall–Kier alpha value is -1.32. The number of carboxylic acids is 2. The van der Waals surface area contributed by atoms with Crippen LogP contribution >= 0.6 is 0 Å². The molecule has 2 N–H and O–H groups in total. The predicted molar refractivity (Wildman–Crippen MR) is 81.9 cm³/mol. The fraction of sp³-hybridized carbons (Fsp3) is 0.750. The van der Waals surface area contributed by atoms with Crippen LogP contribution in [0.2, 0.25) is 0 Å². The van der Waals surface area contributed by atoms with Crippen molar-refractivity contribution in [2.24, 2.45) is 0 Å². The second-order valence-corrected chi connectivity index (χ2v) is 4.88. The summed E-state index contributed by atoms with van der Waals surface area (Å²) in [5.41, 5.74) is 0. The third-order valence-corrected chi connectivity index (χ3v) is 2.78. The number of carboxylic acid groups (broad SMARTS) is 2. The van der Waals surface area contributed by atoms with E-state index < -0.39 is 11.9 Å². The quantitative estimate of drug-likeness (QED) is 0.405. The van der Waals surface area contributed by atoms with Gasteiger partial charge in [0, 0.05) is 12.8 Å². The molecule has 0 saturated carbocycles. The molecule has 0 amide bonds. The Kier molecular flexibility index (Phi) is 18.6. The first-order valence-electron chi connectivity index (χ1n) is 7.55. The number of hydrogen-bond donors (Lipinski definition) is 2. The summed E-state index contributed by atoms with van der Waals surface area (Å²) in [6.45, 7) is 5.25. The van der Waals surface area contributed by atoms with E-state index in [2.05, 4.69) is 6.58 Å². The first-order valence-corrected chi connectivity index (χ1v) is 7.55. The Morgan fingerprint density at radius 3 is 1.15 bits per heavy atom. The monoisotopic (exact) mass is 286 g/mol. The standard InChI is InChI=1S/C13H24O4.C3H6/c14-12(15)10-8-6-4-2-1-3-5-7-9-11-13(16)17;1-3-2/h1-11H2,(H,14,15)(H,16,17);3H,1H2,2H3. The van der Waals surface area contributed by atoms with Crippen LogP contribution in [0.4, 0.5) is 0 Å². The first kappa shape index (κ1) is 21.0. The van der Waals surface area contributed by atoms with Crippen LogP contribution in [0.25, 0.3) is 0 Å². The smallest absolute Gasteiger partial charge is 0.303 e. The lowest BCUT2D eigenvalue weighted by Gasteiger charge is -2.01. The molecule has 0 aromatic rings. The van der Waals surface area contributed by atoms with Crippen molar-refractivity contribution in [1.29, 1.82) is 0 Å². The molecule has 0 aliphatic carbocycles.